The van der Waals surface area contributed by atoms with Crippen LogP contribution in [0.1, 0.15) is 31.1 Å². The summed E-state index contributed by atoms with van der Waals surface area (Å²) in [5.41, 5.74) is 1.83. The zero-order valence-corrected chi connectivity index (χ0v) is 14.9. The maximum absolute atomic E-state index is 10.1. The van der Waals surface area contributed by atoms with E-state index >= 15 is 0 Å². The summed E-state index contributed by atoms with van der Waals surface area (Å²) in [6, 6.07) is 2.82. The molecule has 1 fully saturated rings. The van der Waals surface area contributed by atoms with Crippen LogP contribution in [0, 0.1) is 0 Å². The van der Waals surface area contributed by atoms with E-state index in [-0.39, 0.29) is 30.0 Å². The van der Waals surface area contributed by atoms with E-state index in [9.17, 15) is 10.2 Å². The van der Waals surface area contributed by atoms with Gasteiger partial charge in [0.15, 0.2) is 28.5 Å². The molecule has 2 aromatic heterocycles. The molecule has 3 aromatic rings. The van der Waals surface area contributed by atoms with Gasteiger partial charge in [-0.1, -0.05) is 0 Å². The molecule has 1 aliphatic rings. The fraction of sp³-hybridized carbons (Fsp3) is 0.389. The number of nitrogens with zero attached hydrogens (tertiary/aromatic N) is 4. The van der Waals surface area contributed by atoms with Crippen molar-refractivity contribution in [3.63, 3.8) is 0 Å². The van der Waals surface area contributed by atoms with E-state index in [0.29, 0.717) is 22.5 Å². The zero-order valence-electron chi connectivity index (χ0n) is 14.9. The lowest BCUT2D eigenvalue weighted by molar-refractivity contribution is -0.0298. The molecule has 4 rings (SSSR count). The van der Waals surface area contributed by atoms with Gasteiger partial charge < -0.3 is 25.0 Å². The van der Waals surface area contributed by atoms with E-state index in [4.69, 9.17) is 9.47 Å². The molecule has 3 heterocycles. The van der Waals surface area contributed by atoms with Gasteiger partial charge in [-0.25, -0.2) is 15.0 Å². The lowest BCUT2D eigenvalue weighted by Gasteiger charge is -2.23. The van der Waals surface area contributed by atoms with E-state index < -0.39 is 0 Å². The molecule has 0 saturated carbocycles. The van der Waals surface area contributed by atoms with Gasteiger partial charge in [0.1, 0.15) is 18.3 Å². The van der Waals surface area contributed by atoms with Crippen molar-refractivity contribution in [3.05, 3.63) is 30.4 Å². The van der Waals surface area contributed by atoms with Crippen LogP contribution in [-0.4, -0.2) is 43.4 Å². The maximum atomic E-state index is 10.1. The van der Waals surface area contributed by atoms with Crippen molar-refractivity contribution in [1.29, 1.82) is 0 Å². The van der Waals surface area contributed by atoms with E-state index in [1.165, 1.54) is 25.6 Å². The van der Waals surface area contributed by atoms with Crippen molar-refractivity contribution in [2.24, 2.45) is 0 Å². The third-order valence-electron chi connectivity index (χ3n) is 4.65. The Kier molecular flexibility index (Phi) is 4.68. The van der Waals surface area contributed by atoms with Gasteiger partial charge in [-0.05, 0) is 25.3 Å². The summed E-state index contributed by atoms with van der Waals surface area (Å²) in [4.78, 5) is 13.0. The molecule has 142 valence electrons. The number of aromatic nitrogens is 4. The molecule has 3 N–H and O–H groups in total. The van der Waals surface area contributed by atoms with Crippen LogP contribution in [0.2, 0.25) is 0 Å². The first kappa shape index (κ1) is 17.3. The van der Waals surface area contributed by atoms with Crippen molar-refractivity contribution >= 4 is 17.0 Å². The number of benzene rings is 1. The van der Waals surface area contributed by atoms with Crippen LogP contribution in [-0.2, 0) is 11.3 Å². The molecule has 1 saturated heterocycles. The molecule has 0 aliphatic carbocycles. The predicted octanol–water partition coefficient (Wildman–Crippen LogP) is 2.56. The van der Waals surface area contributed by atoms with Crippen molar-refractivity contribution in [1.82, 2.24) is 19.5 Å². The van der Waals surface area contributed by atoms with Gasteiger partial charge >= 0.3 is 0 Å². The van der Waals surface area contributed by atoms with Crippen LogP contribution >= 0.6 is 0 Å². The lowest BCUT2D eigenvalue weighted by atomic mass is 10.1. The first-order chi connectivity index (χ1) is 13.2. The van der Waals surface area contributed by atoms with Crippen LogP contribution in [0.15, 0.2) is 24.8 Å². The minimum absolute atomic E-state index is 0.0172. The van der Waals surface area contributed by atoms with E-state index in [0.717, 1.165) is 25.9 Å². The Balaban J connectivity index is 1.58. The van der Waals surface area contributed by atoms with Crippen molar-refractivity contribution in [2.75, 3.05) is 19.0 Å². The minimum atomic E-state index is -0.0610. The van der Waals surface area contributed by atoms with Gasteiger partial charge in [-0.15, -0.1) is 0 Å². The molecule has 9 nitrogen and oxygen atoms in total. The molecular weight excluding hydrogens is 350 g/mol. The number of ether oxygens (including phenoxy) is 2. The number of methoxy groups -OCH3 is 1. The van der Waals surface area contributed by atoms with Gasteiger partial charge in [0.05, 0.1) is 13.4 Å². The topological polar surface area (TPSA) is 115 Å². The van der Waals surface area contributed by atoms with Gasteiger partial charge in [0.25, 0.3) is 0 Å². The Morgan fingerprint density at radius 2 is 2.11 bits per heavy atom. The Labute approximate surface area is 155 Å². The first-order valence-electron chi connectivity index (χ1n) is 8.79. The summed E-state index contributed by atoms with van der Waals surface area (Å²) in [6.45, 7) is 0.989. The summed E-state index contributed by atoms with van der Waals surface area (Å²) in [5.74, 6) is 0.735. The van der Waals surface area contributed by atoms with E-state index in [1.807, 2.05) is 4.57 Å². The lowest BCUT2D eigenvalue weighted by Crippen LogP contribution is -2.17. The van der Waals surface area contributed by atoms with Crippen molar-refractivity contribution in [2.45, 2.75) is 32.0 Å². The molecular formula is C18H21N5O4. The quantitative estimate of drug-likeness (QED) is 0.586. The van der Waals surface area contributed by atoms with Crippen LogP contribution in [0.5, 0.6) is 17.2 Å². The third-order valence-corrected chi connectivity index (χ3v) is 4.65. The zero-order chi connectivity index (χ0) is 18.8. The number of hydrogen-bond donors (Lipinski definition) is 3. The summed E-state index contributed by atoms with van der Waals surface area (Å²) in [7, 11) is 1.43. The molecule has 1 aliphatic heterocycles. The monoisotopic (exact) mass is 371 g/mol. The van der Waals surface area contributed by atoms with Gasteiger partial charge in [0.2, 0.25) is 0 Å². The highest BCUT2D eigenvalue weighted by Crippen LogP contribution is 2.34. The average Bonchev–Trinajstić information content (AvgIpc) is 3.13. The number of phenolic OH excluding ortho intramolecular Hbond substituents is 2. The van der Waals surface area contributed by atoms with E-state index in [2.05, 4.69) is 20.3 Å². The van der Waals surface area contributed by atoms with Crippen LogP contribution in [0.25, 0.3) is 11.2 Å². The van der Waals surface area contributed by atoms with Gasteiger partial charge in [-0.3, -0.25) is 4.57 Å². The second-order valence-corrected chi connectivity index (χ2v) is 6.37. The SMILES string of the molecule is COc1cc(O)c(CNc2ncnc3c2ncn3C2CCCCO2)cc1O. The van der Waals surface area contributed by atoms with E-state index in [1.54, 1.807) is 6.33 Å². The first-order valence-corrected chi connectivity index (χ1v) is 8.79. The van der Waals surface area contributed by atoms with Crippen LogP contribution < -0.4 is 10.1 Å². The van der Waals surface area contributed by atoms with Crippen LogP contribution in [0.3, 0.4) is 0 Å². The highest BCUT2D eigenvalue weighted by molar-refractivity contribution is 5.82. The Morgan fingerprint density at radius 1 is 1.22 bits per heavy atom. The Hall–Kier alpha value is -3.07. The average molecular weight is 371 g/mol. The molecule has 27 heavy (non-hydrogen) atoms. The van der Waals surface area contributed by atoms with Crippen molar-refractivity contribution < 1.29 is 19.7 Å². The Bertz CT molecular complexity index is 952. The second-order valence-electron chi connectivity index (χ2n) is 6.37. The molecule has 0 amide bonds. The van der Waals surface area contributed by atoms with Crippen LogP contribution in [0.4, 0.5) is 5.82 Å². The summed E-state index contributed by atoms with van der Waals surface area (Å²) in [6.07, 6.45) is 6.24. The highest BCUT2D eigenvalue weighted by Gasteiger charge is 2.20. The number of phenols is 2. The molecule has 1 unspecified atom stereocenters. The Morgan fingerprint density at radius 3 is 2.89 bits per heavy atom. The molecule has 1 atom stereocenters. The predicted molar refractivity (Wildman–Crippen MR) is 97.8 cm³/mol. The fourth-order valence-electron chi connectivity index (χ4n) is 3.22. The third kappa shape index (κ3) is 3.33. The molecule has 0 bridgehead atoms. The largest absolute Gasteiger partial charge is 0.507 e. The number of fused-ring (bicyclic) bond motifs is 1. The molecule has 1 aromatic carbocycles. The number of imidazole rings is 1. The van der Waals surface area contributed by atoms with Crippen molar-refractivity contribution in [3.8, 4) is 17.2 Å². The highest BCUT2D eigenvalue weighted by atomic mass is 16.5. The number of anilines is 1. The standard InChI is InChI=1S/C18H21N5O4/c1-26-14-7-12(24)11(6-13(14)25)8-19-17-16-18(21-9-20-17)23(10-22-16)15-4-2-3-5-27-15/h6-7,9-10,15,24-25H,2-5,8H2,1H3,(H,19,20,21). The maximum Gasteiger partial charge on any atom is 0.167 e. The molecule has 9 heteroatoms. The number of hydrogen-bond acceptors (Lipinski definition) is 8. The fourth-order valence-corrected chi connectivity index (χ4v) is 3.22. The summed E-state index contributed by atoms with van der Waals surface area (Å²) in [5, 5.41) is 23.2. The summed E-state index contributed by atoms with van der Waals surface area (Å²) < 4.78 is 12.7. The van der Waals surface area contributed by atoms with Gasteiger partial charge in [-0.2, -0.15) is 0 Å². The number of aromatic hydroxyl groups is 2. The summed E-state index contributed by atoms with van der Waals surface area (Å²) >= 11 is 0. The molecule has 0 radical (unpaired) electrons. The number of nitrogens with one attached hydrogen (secondary N) is 1. The minimum Gasteiger partial charge on any atom is -0.507 e. The normalized spacial score (nSPS) is 17.1. The van der Waals surface area contributed by atoms with Gasteiger partial charge in [0, 0.05) is 24.8 Å². The number of rotatable bonds is 5. The smallest absolute Gasteiger partial charge is 0.167 e. The molecule has 0 spiro atoms. The second kappa shape index (κ2) is 7.28.